The fraction of sp³-hybridized carbons (Fsp3) is 0.615. The number of nitrogens with one attached hydrogen (secondary N) is 1. The minimum Gasteiger partial charge on any atom is -0.398 e. The van der Waals surface area contributed by atoms with Gasteiger partial charge in [-0.1, -0.05) is 0 Å². The van der Waals surface area contributed by atoms with Gasteiger partial charge in [-0.25, -0.2) is 0 Å². The molecule has 1 saturated heterocycles. The van der Waals surface area contributed by atoms with Gasteiger partial charge in [0.25, 0.3) is 5.91 Å². The summed E-state index contributed by atoms with van der Waals surface area (Å²) in [5, 5.41) is 2.94. The average Bonchev–Trinajstić information content (AvgIpc) is 2.76. The van der Waals surface area contributed by atoms with E-state index < -0.39 is 0 Å². The van der Waals surface area contributed by atoms with Crippen molar-refractivity contribution < 1.29 is 9.53 Å². The summed E-state index contributed by atoms with van der Waals surface area (Å²) in [7, 11) is 0. The Morgan fingerprint density at radius 3 is 2.89 bits per heavy atom. The molecule has 1 aromatic heterocycles. The van der Waals surface area contributed by atoms with Crippen LogP contribution in [0, 0.1) is 6.92 Å². The lowest BCUT2D eigenvalue weighted by Gasteiger charge is -2.26. The van der Waals surface area contributed by atoms with Crippen LogP contribution in [0.2, 0.25) is 0 Å². The number of morpholine rings is 1. The molecule has 1 aromatic rings. The lowest BCUT2D eigenvalue weighted by Crippen LogP contribution is -2.38. The standard InChI is InChI=1S/C13H21N3O2S/c1-10-11(14)9-12(19-10)13(17)15-3-2-4-16-5-7-18-8-6-16/h9H,2-8,14H2,1H3,(H,15,17). The van der Waals surface area contributed by atoms with E-state index in [1.54, 1.807) is 6.07 Å². The van der Waals surface area contributed by atoms with Crippen LogP contribution in [0.5, 0.6) is 0 Å². The second kappa shape index (κ2) is 6.88. The number of nitrogen functional groups attached to an aromatic ring is 1. The average molecular weight is 283 g/mol. The molecule has 0 aliphatic carbocycles. The van der Waals surface area contributed by atoms with Crippen LogP contribution >= 0.6 is 11.3 Å². The number of carbonyl (C=O) groups excluding carboxylic acids is 1. The second-order valence-corrected chi connectivity index (χ2v) is 5.94. The number of amides is 1. The van der Waals surface area contributed by atoms with Gasteiger partial charge in [0.2, 0.25) is 0 Å². The smallest absolute Gasteiger partial charge is 0.261 e. The zero-order chi connectivity index (χ0) is 13.7. The molecule has 0 bridgehead atoms. The van der Waals surface area contributed by atoms with E-state index in [-0.39, 0.29) is 5.91 Å². The molecule has 0 aromatic carbocycles. The minimum absolute atomic E-state index is 0.0215. The Hall–Kier alpha value is -1.11. The molecule has 0 unspecified atom stereocenters. The van der Waals surface area contributed by atoms with Crippen molar-refractivity contribution >= 4 is 22.9 Å². The molecule has 1 aliphatic rings. The van der Waals surface area contributed by atoms with Gasteiger partial charge < -0.3 is 15.8 Å². The van der Waals surface area contributed by atoms with Crippen LogP contribution in [-0.4, -0.2) is 50.2 Å². The number of carbonyl (C=O) groups is 1. The van der Waals surface area contributed by atoms with Gasteiger partial charge in [0.05, 0.1) is 18.1 Å². The molecule has 106 valence electrons. The quantitative estimate of drug-likeness (QED) is 0.794. The topological polar surface area (TPSA) is 67.6 Å². The minimum atomic E-state index is -0.0215. The van der Waals surface area contributed by atoms with Gasteiger partial charge in [0, 0.05) is 30.2 Å². The summed E-state index contributed by atoms with van der Waals surface area (Å²) in [5.41, 5.74) is 6.44. The van der Waals surface area contributed by atoms with E-state index >= 15 is 0 Å². The van der Waals surface area contributed by atoms with Crippen LogP contribution in [0.4, 0.5) is 5.69 Å². The van der Waals surface area contributed by atoms with Crippen molar-refractivity contribution in [1.29, 1.82) is 0 Å². The normalized spacial score (nSPS) is 16.5. The first-order valence-electron chi connectivity index (χ1n) is 6.61. The SMILES string of the molecule is Cc1sc(C(=O)NCCCN2CCOCC2)cc1N. The highest BCUT2D eigenvalue weighted by Gasteiger charge is 2.12. The summed E-state index contributed by atoms with van der Waals surface area (Å²) in [6.07, 6.45) is 0.964. The number of ether oxygens (including phenoxy) is 1. The molecule has 3 N–H and O–H groups in total. The van der Waals surface area contributed by atoms with Crippen molar-refractivity contribution in [3.63, 3.8) is 0 Å². The van der Waals surface area contributed by atoms with Crippen LogP contribution in [0.15, 0.2) is 6.07 Å². The molecule has 19 heavy (non-hydrogen) atoms. The van der Waals surface area contributed by atoms with Crippen molar-refractivity contribution in [1.82, 2.24) is 10.2 Å². The highest BCUT2D eigenvalue weighted by molar-refractivity contribution is 7.14. The molecule has 2 rings (SSSR count). The predicted molar refractivity (Wildman–Crippen MR) is 77.7 cm³/mol. The maximum atomic E-state index is 11.9. The van der Waals surface area contributed by atoms with E-state index in [2.05, 4.69) is 10.2 Å². The Balaban J connectivity index is 1.66. The monoisotopic (exact) mass is 283 g/mol. The van der Waals surface area contributed by atoms with E-state index in [0.29, 0.717) is 17.1 Å². The van der Waals surface area contributed by atoms with Crippen LogP contribution in [0.25, 0.3) is 0 Å². The number of nitrogens with zero attached hydrogens (tertiary/aromatic N) is 1. The van der Waals surface area contributed by atoms with Gasteiger partial charge in [-0.3, -0.25) is 9.69 Å². The number of thiophene rings is 1. The van der Waals surface area contributed by atoms with Crippen LogP contribution in [0.1, 0.15) is 21.0 Å². The predicted octanol–water partition coefficient (Wildman–Crippen LogP) is 1.09. The zero-order valence-electron chi connectivity index (χ0n) is 11.3. The van der Waals surface area contributed by atoms with Crippen molar-refractivity contribution in [2.24, 2.45) is 0 Å². The van der Waals surface area contributed by atoms with Gasteiger partial charge >= 0.3 is 0 Å². The molecule has 0 spiro atoms. The van der Waals surface area contributed by atoms with Gasteiger partial charge in [0.15, 0.2) is 0 Å². The highest BCUT2D eigenvalue weighted by atomic mass is 32.1. The van der Waals surface area contributed by atoms with E-state index in [9.17, 15) is 4.79 Å². The number of anilines is 1. The van der Waals surface area contributed by atoms with Gasteiger partial charge in [-0.05, 0) is 26.0 Å². The Kier molecular flexibility index (Phi) is 5.18. The number of nitrogens with two attached hydrogens (primary N) is 1. The van der Waals surface area contributed by atoms with Gasteiger partial charge in [-0.15, -0.1) is 11.3 Å². The first-order chi connectivity index (χ1) is 9.16. The maximum absolute atomic E-state index is 11.9. The molecule has 1 fully saturated rings. The molecule has 5 nitrogen and oxygen atoms in total. The summed E-state index contributed by atoms with van der Waals surface area (Å²) in [4.78, 5) is 15.9. The van der Waals surface area contributed by atoms with E-state index in [1.165, 1.54) is 11.3 Å². The third kappa shape index (κ3) is 4.19. The molecule has 6 heteroatoms. The van der Waals surface area contributed by atoms with E-state index in [0.717, 1.165) is 44.1 Å². The van der Waals surface area contributed by atoms with Crippen LogP contribution < -0.4 is 11.1 Å². The van der Waals surface area contributed by atoms with Crippen molar-refractivity contribution in [2.45, 2.75) is 13.3 Å². The van der Waals surface area contributed by atoms with Crippen LogP contribution in [-0.2, 0) is 4.74 Å². The Bertz CT molecular complexity index is 408. The van der Waals surface area contributed by atoms with Crippen LogP contribution in [0.3, 0.4) is 0 Å². The lowest BCUT2D eigenvalue weighted by atomic mass is 10.3. The number of hydrogen-bond acceptors (Lipinski definition) is 5. The zero-order valence-corrected chi connectivity index (χ0v) is 12.1. The Morgan fingerprint density at radius 2 is 2.26 bits per heavy atom. The number of aryl methyl sites for hydroxylation is 1. The van der Waals surface area contributed by atoms with E-state index in [1.807, 2.05) is 6.92 Å². The highest BCUT2D eigenvalue weighted by Crippen LogP contribution is 2.22. The fourth-order valence-corrected chi connectivity index (χ4v) is 2.88. The van der Waals surface area contributed by atoms with Gasteiger partial charge in [0.1, 0.15) is 0 Å². The summed E-state index contributed by atoms with van der Waals surface area (Å²) in [5.74, 6) is -0.0215. The first-order valence-corrected chi connectivity index (χ1v) is 7.42. The third-order valence-electron chi connectivity index (χ3n) is 3.22. The molecule has 0 atom stereocenters. The molecule has 2 heterocycles. The summed E-state index contributed by atoms with van der Waals surface area (Å²) >= 11 is 1.44. The van der Waals surface area contributed by atoms with Gasteiger partial charge in [-0.2, -0.15) is 0 Å². The summed E-state index contributed by atoms with van der Waals surface area (Å²) in [6, 6.07) is 1.75. The number of hydrogen-bond donors (Lipinski definition) is 2. The Labute approximate surface area is 117 Å². The lowest BCUT2D eigenvalue weighted by molar-refractivity contribution is 0.0374. The third-order valence-corrected chi connectivity index (χ3v) is 4.29. The van der Waals surface area contributed by atoms with Crippen molar-refractivity contribution in [3.8, 4) is 0 Å². The molecule has 1 amide bonds. The largest absolute Gasteiger partial charge is 0.398 e. The molecular weight excluding hydrogens is 262 g/mol. The first kappa shape index (κ1) is 14.3. The summed E-state index contributed by atoms with van der Waals surface area (Å²) < 4.78 is 5.29. The Morgan fingerprint density at radius 1 is 1.53 bits per heavy atom. The summed E-state index contributed by atoms with van der Waals surface area (Å²) in [6.45, 7) is 7.26. The van der Waals surface area contributed by atoms with E-state index in [4.69, 9.17) is 10.5 Å². The van der Waals surface area contributed by atoms with Crippen molar-refractivity contribution in [3.05, 3.63) is 15.8 Å². The van der Waals surface area contributed by atoms with Crippen molar-refractivity contribution in [2.75, 3.05) is 45.1 Å². The molecule has 0 saturated carbocycles. The molecular formula is C13H21N3O2S. The fourth-order valence-electron chi connectivity index (χ4n) is 2.02. The number of rotatable bonds is 5. The molecule has 0 radical (unpaired) electrons. The molecule has 1 aliphatic heterocycles. The maximum Gasteiger partial charge on any atom is 0.261 e. The second-order valence-electron chi connectivity index (χ2n) is 4.69.